The van der Waals surface area contributed by atoms with Crippen molar-refractivity contribution in [3.63, 3.8) is 0 Å². The molecule has 170 valence electrons. The standard InChI is InChI=1S/C24H30ClN5O2/c1-18-4-2-6-21(14-18)29-10-12-30(13-11-29)23(31)17-28-9-3-5-19(16-28)24(32)27-22-8-7-20(25)15-26-22/h2,4,6-8,14-15,19H,3,5,9-13,16-17H2,1H3,(H,26,27,32). The third-order valence-electron chi connectivity index (χ3n) is 6.21. The maximum atomic E-state index is 12.9. The van der Waals surface area contributed by atoms with E-state index in [-0.39, 0.29) is 17.7 Å². The third kappa shape index (κ3) is 5.78. The molecule has 1 unspecified atom stereocenters. The number of likely N-dealkylation sites (tertiary alicyclic amines) is 1. The molecule has 1 N–H and O–H groups in total. The van der Waals surface area contributed by atoms with E-state index >= 15 is 0 Å². The highest BCUT2D eigenvalue weighted by Crippen LogP contribution is 2.20. The molecule has 32 heavy (non-hydrogen) atoms. The molecule has 2 aromatic rings. The van der Waals surface area contributed by atoms with E-state index < -0.39 is 0 Å². The minimum Gasteiger partial charge on any atom is -0.368 e. The van der Waals surface area contributed by atoms with Crippen molar-refractivity contribution < 1.29 is 9.59 Å². The van der Waals surface area contributed by atoms with Gasteiger partial charge in [-0.3, -0.25) is 14.5 Å². The SMILES string of the molecule is Cc1cccc(N2CCN(C(=O)CN3CCCC(C(=O)Nc4ccc(Cl)cn4)C3)CC2)c1. The monoisotopic (exact) mass is 455 g/mol. The Balaban J connectivity index is 1.25. The second-order valence-corrected chi connectivity index (χ2v) is 9.07. The van der Waals surface area contributed by atoms with Crippen molar-refractivity contribution in [1.82, 2.24) is 14.8 Å². The molecule has 0 radical (unpaired) electrons. The molecule has 1 aromatic heterocycles. The number of carbonyl (C=O) groups excluding carboxylic acids is 2. The van der Waals surface area contributed by atoms with Gasteiger partial charge in [-0.2, -0.15) is 0 Å². The Morgan fingerprint density at radius 3 is 2.66 bits per heavy atom. The normalized spacial score (nSPS) is 19.6. The van der Waals surface area contributed by atoms with E-state index in [1.165, 1.54) is 17.4 Å². The molecule has 0 bridgehead atoms. The van der Waals surface area contributed by atoms with Gasteiger partial charge in [0.15, 0.2) is 0 Å². The number of amides is 2. The van der Waals surface area contributed by atoms with Crippen LogP contribution in [0, 0.1) is 12.8 Å². The average molecular weight is 456 g/mol. The van der Waals surface area contributed by atoms with Gasteiger partial charge in [0, 0.05) is 44.6 Å². The first-order valence-electron chi connectivity index (χ1n) is 11.2. The number of aromatic nitrogens is 1. The molecular formula is C24H30ClN5O2. The van der Waals surface area contributed by atoms with E-state index in [9.17, 15) is 9.59 Å². The van der Waals surface area contributed by atoms with E-state index in [0.717, 1.165) is 45.6 Å². The van der Waals surface area contributed by atoms with Gasteiger partial charge in [-0.25, -0.2) is 4.98 Å². The topological polar surface area (TPSA) is 68.8 Å². The van der Waals surface area contributed by atoms with Gasteiger partial charge >= 0.3 is 0 Å². The zero-order valence-corrected chi connectivity index (χ0v) is 19.2. The molecular weight excluding hydrogens is 426 g/mol. The van der Waals surface area contributed by atoms with Gasteiger partial charge in [0.1, 0.15) is 5.82 Å². The predicted molar refractivity (Wildman–Crippen MR) is 127 cm³/mol. The van der Waals surface area contributed by atoms with Crippen LogP contribution < -0.4 is 10.2 Å². The molecule has 2 amide bonds. The number of rotatable bonds is 5. The van der Waals surface area contributed by atoms with Gasteiger partial charge in [-0.05, 0) is 56.1 Å². The highest BCUT2D eigenvalue weighted by Gasteiger charge is 2.29. The zero-order valence-electron chi connectivity index (χ0n) is 18.5. The fourth-order valence-electron chi connectivity index (χ4n) is 4.42. The fraction of sp³-hybridized carbons (Fsp3) is 0.458. The van der Waals surface area contributed by atoms with Crippen LogP contribution in [-0.2, 0) is 9.59 Å². The molecule has 7 nitrogen and oxygen atoms in total. The lowest BCUT2D eigenvalue weighted by Crippen LogP contribution is -2.52. The minimum atomic E-state index is -0.146. The Morgan fingerprint density at radius 1 is 1.12 bits per heavy atom. The highest BCUT2D eigenvalue weighted by atomic mass is 35.5. The molecule has 0 aliphatic carbocycles. The Bertz CT molecular complexity index is 944. The van der Waals surface area contributed by atoms with E-state index in [1.54, 1.807) is 12.1 Å². The van der Waals surface area contributed by atoms with Crippen molar-refractivity contribution in [2.75, 3.05) is 56.0 Å². The summed E-state index contributed by atoms with van der Waals surface area (Å²) in [4.78, 5) is 36.1. The smallest absolute Gasteiger partial charge is 0.236 e. The van der Waals surface area contributed by atoms with Crippen LogP contribution >= 0.6 is 11.6 Å². The van der Waals surface area contributed by atoms with Crippen LogP contribution in [0.1, 0.15) is 18.4 Å². The van der Waals surface area contributed by atoms with Crippen molar-refractivity contribution in [3.05, 3.63) is 53.2 Å². The second-order valence-electron chi connectivity index (χ2n) is 8.63. The van der Waals surface area contributed by atoms with Crippen LogP contribution in [0.2, 0.25) is 5.02 Å². The lowest BCUT2D eigenvalue weighted by molar-refractivity contribution is -0.134. The van der Waals surface area contributed by atoms with Crippen molar-refractivity contribution in [2.24, 2.45) is 5.92 Å². The summed E-state index contributed by atoms with van der Waals surface area (Å²) in [5.74, 6) is 0.448. The number of piperazine rings is 1. The quantitative estimate of drug-likeness (QED) is 0.750. The van der Waals surface area contributed by atoms with Crippen LogP contribution in [0.15, 0.2) is 42.6 Å². The van der Waals surface area contributed by atoms with Crippen LogP contribution in [0.5, 0.6) is 0 Å². The summed E-state index contributed by atoms with van der Waals surface area (Å²) in [6.45, 7) is 7.05. The molecule has 8 heteroatoms. The summed E-state index contributed by atoms with van der Waals surface area (Å²) in [7, 11) is 0. The number of aryl methyl sites for hydroxylation is 1. The minimum absolute atomic E-state index is 0.0521. The van der Waals surface area contributed by atoms with E-state index in [4.69, 9.17) is 11.6 Å². The number of nitrogens with zero attached hydrogens (tertiary/aromatic N) is 4. The Labute approximate surface area is 194 Å². The van der Waals surface area contributed by atoms with Crippen LogP contribution in [0.25, 0.3) is 0 Å². The van der Waals surface area contributed by atoms with Gasteiger partial charge < -0.3 is 15.1 Å². The van der Waals surface area contributed by atoms with E-state index in [1.807, 2.05) is 4.90 Å². The van der Waals surface area contributed by atoms with Crippen LogP contribution in [0.3, 0.4) is 0 Å². The molecule has 2 aliphatic rings. The number of pyridine rings is 1. The van der Waals surface area contributed by atoms with Gasteiger partial charge in [0.05, 0.1) is 17.5 Å². The fourth-order valence-corrected chi connectivity index (χ4v) is 4.53. The Kier molecular flexibility index (Phi) is 7.27. The summed E-state index contributed by atoms with van der Waals surface area (Å²) in [5.41, 5.74) is 2.47. The molecule has 0 saturated carbocycles. The van der Waals surface area contributed by atoms with Gasteiger partial charge in [-0.15, -0.1) is 0 Å². The first-order chi connectivity index (χ1) is 15.5. The number of nitrogens with one attached hydrogen (secondary N) is 1. The molecule has 1 aromatic carbocycles. The van der Waals surface area contributed by atoms with E-state index in [0.29, 0.717) is 23.9 Å². The molecule has 2 fully saturated rings. The highest BCUT2D eigenvalue weighted by molar-refractivity contribution is 6.30. The summed E-state index contributed by atoms with van der Waals surface area (Å²) in [5, 5.41) is 3.40. The molecule has 0 spiro atoms. The first-order valence-corrected chi connectivity index (χ1v) is 11.6. The lowest BCUT2D eigenvalue weighted by Gasteiger charge is -2.38. The van der Waals surface area contributed by atoms with Crippen molar-refractivity contribution >= 4 is 34.9 Å². The van der Waals surface area contributed by atoms with Gasteiger partial charge in [0.25, 0.3) is 0 Å². The summed E-state index contributed by atoms with van der Waals surface area (Å²) >= 11 is 5.85. The maximum Gasteiger partial charge on any atom is 0.236 e. The maximum absolute atomic E-state index is 12.9. The molecule has 2 aliphatic heterocycles. The van der Waals surface area contributed by atoms with Gasteiger partial charge in [0.2, 0.25) is 11.8 Å². The molecule has 3 heterocycles. The summed E-state index contributed by atoms with van der Waals surface area (Å²) in [6, 6.07) is 11.9. The largest absolute Gasteiger partial charge is 0.368 e. The molecule has 1 atom stereocenters. The predicted octanol–water partition coefficient (Wildman–Crippen LogP) is 3.04. The zero-order chi connectivity index (χ0) is 22.5. The lowest BCUT2D eigenvalue weighted by atomic mass is 9.97. The number of hydrogen-bond acceptors (Lipinski definition) is 5. The van der Waals surface area contributed by atoms with Crippen LogP contribution in [-0.4, -0.2) is 72.4 Å². The Morgan fingerprint density at radius 2 is 1.94 bits per heavy atom. The number of hydrogen-bond donors (Lipinski definition) is 1. The van der Waals surface area contributed by atoms with Crippen molar-refractivity contribution in [3.8, 4) is 0 Å². The van der Waals surface area contributed by atoms with Crippen LogP contribution in [0.4, 0.5) is 11.5 Å². The molecule has 2 saturated heterocycles. The number of piperidine rings is 1. The Hall–Kier alpha value is -2.64. The van der Waals surface area contributed by atoms with E-state index in [2.05, 4.69) is 51.3 Å². The van der Waals surface area contributed by atoms with Crippen molar-refractivity contribution in [2.45, 2.75) is 19.8 Å². The van der Waals surface area contributed by atoms with Crippen molar-refractivity contribution in [1.29, 1.82) is 0 Å². The molecule has 4 rings (SSSR count). The summed E-state index contributed by atoms with van der Waals surface area (Å²) < 4.78 is 0. The summed E-state index contributed by atoms with van der Waals surface area (Å²) in [6.07, 6.45) is 3.24. The first kappa shape index (κ1) is 22.6. The number of anilines is 2. The number of carbonyl (C=O) groups is 2. The number of benzene rings is 1. The number of halogens is 1. The third-order valence-corrected chi connectivity index (χ3v) is 6.44. The second kappa shape index (κ2) is 10.3. The van der Waals surface area contributed by atoms with Gasteiger partial charge in [-0.1, -0.05) is 23.7 Å². The average Bonchev–Trinajstić information content (AvgIpc) is 2.81.